The molecule has 1 N–H and O–H groups in total. The predicted octanol–water partition coefficient (Wildman–Crippen LogP) is 13.5. The zero-order valence-electron chi connectivity index (χ0n) is 31.9. The molecule has 0 aliphatic heterocycles. The summed E-state index contributed by atoms with van der Waals surface area (Å²) in [7, 11) is 0. The Balaban J connectivity index is 1.28. The van der Waals surface area contributed by atoms with Crippen LogP contribution in [-0.2, 0) is 10.8 Å². The second-order valence-corrected chi connectivity index (χ2v) is 15.1. The van der Waals surface area contributed by atoms with Gasteiger partial charge in [0.1, 0.15) is 0 Å². The van der Waals surface area contributed by atoms with Crippen molar-refractivity contribution in [3.63, 3.8) is 0 Å². The summed E-state index contributed by atoms with van der Waals surface area (Å²) in [5, 5.41) is 3.47. The minimum Gasteiger partial charge on any atom is -0.382 e. The highest BCUT2D eigenvalue weighted by Crippen LogP contribution is 2.68. The molecule has 0 heterocycles. The highest BCUT2D eigenvalue weighted by Gasteiger charge is 2.59. The summed E-state index contributed by atoms with van der Waals surface area (Å²) in [5.74, 6) is 0. The van der Waals surface area contributed by atoms with E-state index in [1.165, 1.54) is 89.0 Å². The first-order valence-electron chi connectivity index (χ1n) is 19.7. The smallest absolute Gasteiger partial charge is 0.0722 e. The van der Waals surface area contributed by atoms with Crippen molar-refractivity contribution >= 4 is 11.3 Å². The van der Waals surface area contributed by atoms with E-state index >= 15 is 0 Å². The van der Waals surface area contributed by atoms with Gasteiger partial charge in [-0.05, 0) is 115 Å². The molecule has 0 bridgehead atoms. The molecule has 3 aliphatic rings. The van der Waals surface area contributed by atoms with Crippen molar-refractivity contribution in [2.75, 3.05) is 11.9 Å². The lowest BCUT2D eigenvalue weighted by Crippen LogP contribution is -2.44. The van der Waals surface area contributed by atoms with Crippen LogP contribution < -0.4 is 5.32 Å². The normalized spacial score (nSPS) is 16.9. The van der Waals surface area contributed by atoms with Crippen molar-refractivity contribution < 1.29 is 0 Å². The molecule has 1 nitrogen and oxygen atoms in total. The molecule has 0 fully saturated rings. The Bertz CT molecular complexity index is 2730. The summed E-state index contributed by atoms with van der Waals surface area (Å²) in [6.45, 7) is 9.31. The van der Waals surface area contributed by atoms with Gasteiger partial charge in [-0.2, -0.15) is 0 Å². The lowest BCUT2D eigenvalue weighted by atomic mass is 9.51. The third-order valence-electron chi connectivity index (χ3n) is 12.5. The molecule has 1 atom stereocenters. The summed E-state index contributed by atoms with van der Waals surface area (Å²) in [5.41, 5.74) is 20.8. The highest BCUT2D eigenvalue weighted by atomic mass is 14.8. The third-order valence-corrected chi connectivity index (χ3v) is 12.5. The topological polar surface area (TPSA) is 12.0 Å². The van der Waals surface area contributed by atoms with E-state index in [0.29, 0.717) is 0 Å². The monoisotopic (exact) mass is 717 g/mol. The molecule has 0 saturated heterocycles. The van der Waals surface area contributed by atoms with Gasteiger partial charge < -0.3 is 5.32 Å². The van der Waals surface area contributed by atoms with Gasteiger partial charge in [0.05, 0.1) is 10.8 Å². The number of allylic oxidation sites excluding steroid dienone is 6. The van der Waals surface area contributed by atoms with Gasteiger partial charge >= 0.3 is 0 Å². The van der Waals surface area contributed by atoms with Crippen molar-refractivity contribution in [2.24, 2.45) is 0 Å². The van der Waals surface area contributed by atoms with E-state index < -0.39 is 10.8 Å². The summed E-state index contributed by atoms with van der Waals surface area (Å²) in [6, 6.07) is 61.7. The Morgan fingerprint density at radius 3 is 1.59 bits per heavy atom. The molecule has 0 radical (unpaired) electrons. The Morgan fingerprint density at radius 2 is 0.982 bits per heavy atom. The SMILES string of the molecule is C=C/C=C\C1=C(C)c2ccccc2C12c1ccccc1C1(c3ccccc3-c3ccccc31)c1cccc(-c3ccc(-c4ccc(NC/C=C\C)cc4)cc3)c12. The number of rotatable bonds is 7. The van der Waals surface area contributed by atoms with Crippen LogP contribution in [0.25, 0.3) is 39.0 Å². The lowest BCUT2D eigenvalue weighted by Gasteiger charge is -2.50. The van der Waals surface area contributed by atoms with Gasteiger partial charge in [0.15, 0.2) is 0 Å². The molecule has 7 aromatic carbocycles. The number of hydrogen-bond acceptors (Lipinski definition) is 1. The molecule has 2 spiro atoms. The molecule has 0 saturated carbocycles. The van der Waals surface area contributed by atoms with Crippen LogP contribution in [0.4, 0.5) is 5.69 Å². The van der Waals surface area contributed by atoms with E-state index in [-0.39, 0.29) is 0 Å². The molecule has 1 unspecified atom stereocenters. The van der Waals surface area contributed by atoms with Gasteiger partial charge in [-0.15, -0.1) is 0 Å². The van der Waals surface area contributed by atoms with E-state index in [0.717, 1.165) is 12.2 Å². The largest absolute Gasteiger partial charge is 0.382 e. The van der Waals surface area contributed by atoms with Gasteiger partial charge in [-0.25, -0.2) is 0 Å². The molecule has 1 heteroatoms. The van der Waals surface area contributed by atoms with Crippen LogP contribution in [0.1, 0.15) is 58.4 Å². The molecule has 268 valence electrons. The number of hydrogen-bond donors (Lipinski definition) is 1. The van der Waals surface area contributed by atoms with Gasteiger partial charge in [0, 0.05) is 12.2 Å². The maximum Gasteiger partial charge on any atom is 0.0722 e. The standard InChI is InChI=1S/C55H43N/c1-4-6-21-46-37(3)42-17-8-11-22-47(42)55(46)51-26-15-14-25-50(51)54(48-23-12-9-18-44(48)45-19-10-13-24-49(45)54)52-27-16-20-43(53(52)55)40-30-28-38(29-31-40)39-32-34-41(35-33-39)56-36-7-5-2/h4-35,56H,1,36H2,2-3H3/b7-5-,21-6-. The summed E-state index contributed by atoms with van der Waals surface area (Å²) < 4.78 is 0. The summed E-state index contributed by atoms with van der Waals surface area (Å²) >= 11 is 0. The highest BCUT2D eigenvalue weighted by molar-refractivity contribution is 5.96. The number of nitrogens with one attached hydrogen (secondary N) is 1. The fraction of sp³-hybridized carbons (Fsp3) is 0.0909. The van der Waals surface area contributed by atoms with Crippen LogP contribution in [0, 0.1) is 0 Å². The lowest BCUT2D eigenvalue weighted by molar-refractivity contribution is 0.631. The average molecular weight is 718 g/mol. The van der Waals surface area contributed by atoms with Crippen molar-refractivity contribution in [2.45, 2.75) is 24.7 Å². The molecule has 0 amide bonds. The first kappa shape index (κ1) is 33.8. The van der Waals surface area contributed by atoms with E-state index in [1.54, 1.807) is 0 Å². The van der Waals surface area contributed by atoms with E-state index in [9.17, 15) is 0 Å². The quantitative estimate of drug-likeness (QED) is 0.128. The molecular formula is C55H43N. The van der Waals surface area contributed by atoms with Crippen molar-refractivity contribution in [3.05, 3.63) is 251 Å². The van der Waals surface area contributed by atoms with Gasteiger partial charge in [-0.3, -0.25) is 0 Å². The Kier molecular flexibility index (Phi) is 8.01. The molecule has 56 heavy (non-hydrogen) atoms. The van der Waals surface area contributed by atoms with Gasteiger partial charge in [-0.1, -0.05) is 189 Å². The summed E-state index contributed by atoms with van der Waals surface area (Å²) in [4.78, 5) is 0. The average Bonchev–Trinajstić information content (AvgIpc) is 3.69. The van der Waals surface area contributed by atoms with Gasteiger partial charge in [0.2, 0.25) is 0 Å². The fourth-order valence-corrected chi connectivity index (χ4v) is 10.3. The van der Waals surface area contributed by atoms with E-state index in [1.807, 2.05) is 13.0 Å². The zero-order chi connectivity index (χ0) is 37.9. The number of anilines is 1. The van der Waals surface area contributed by atoms with Crippen LogP contribution in [-0.4, -0.2) is 6.54 Å². The van der Waals surface area contributed by atoms with Crippen LogP contribution >= 0.6 is 0 Å². The Hall–Kier alpha value is -6.70. The molecule has 10 rings (SSSR count). The van der Waals surface area contributed by atoms with Crippen LogP contribution in [0.5, 0.6) is 0 Å². The fourth-order valence-electron chi connectivity index (χ4n) is 10.3. The van der Waals surface area contributed by atoms with Gasteiger partial charge in [0.25, 0.3) is 0 Å². The predicted molar refractivity (Wildman–Crippen MR) is 236 cm³/mol. The molecular weight excluding hydrogens is 675 g/mol. The molecule has 7 aromatic rings. The maximum absolute atomic E-state index is 4.13. The maximum atomic E-state index is 4.13. The van der Waals surface area contributed by atoms with Crippen molar-refractivity contribution in [1.29, 1.82) is 0 Å². The van der Waals surface area contributed by atoms with Crippen molar-refractivity contribution in [3.8, 4) is 33.4 Å². The van der Waals surface area contributed by atoms with Crippen LogP contribution in [0.2, 0.25) is 0 Å². The summed E-state index contributed by atoms with van der Waals surface area (Å²) in [6.07, 6.45) is 10.6. The third kappa shape index (κ3) is 4.61. The number of benzene rings is 7. The van der Waals surface area contributed by atoms with Crippen LogP contribution in [0.15, 0.2) is 206 Å². The second-order valence-electron chi connectivity index (χ2n) is 15.1. The minimum atomic E-state index is -0.575. The molecule has 3 aliphatic carbocycles. The van der Waals surface area contributed by atoms with Crippen LogP contribution in [0.3, 0.4) is 0 Å². The molecule has 0 aromatic heterocycles. The minimum absolute atomic E-state index is 0.512. The number of fused-ring (bicyclic) bond motifs is 13. The van der Waals surface area contributed by atoms with Crippen molar-refractivity contribution in [1.82, 2.24) is 0 Å². The first-order chi connectivity index (χ1) is 27.6. The Labute approximate surface area is 330 Å². The zero-order valence-corrected chi connectivity index (χ0v) is 31.9. The Morgan fingerprint density at radius 1 is 0.500 bits per heavy atom. The van der Waals surface area contributed by atoms with E-state index in [4.69, 9.17) is 0 Å². The first-order valence-corrected chi connectivity index (χ1v) is 19.7. The van der Waals surface area contributed by atoms with E-state index in [2.05, 4.69) is 207 Å². The second kappa shape index (κ2) is 13.3.